The van der Waals surface area contributed by atoms with Crippen LogP contribution in [-0.2, 0) is 5.41 Å². The maximum absolute atomic E-state index is 10.3. The van der Waals surface area contributed by atoms with Gasteiger partial charge in [-0.3, -0.25) is 0 Å². The molecule has 0 radical (unpaired) electrons. The zero-order chi connectivity index (χ0) is 21.7. The first kappa shape index (κ1) is 25.1. The van der Waals surface area contributed by atoms with Crippen molar-refractivity contribution in [1.29, 1.82) is 0 Å². The van der Waals surface area contributed by atoms with Crippen molar-refractivity contribution >= 4 is 136 Å². The fraction of sp³-hybridized carbons (Fsp3) is 0.100. The summed E-state index contributed by atoms with van der Waals surface area (Å²) in [4.78, 5) is 0. The Morgan fingerprint density at radius 1 is 0.483 bits per heavy atom. The lowest BCUT2D eigenvalue weighted by Gasteiger charge is -2.33. The van der Waals surface area contributed by atoms with Gasteiger partial charge in [0.2, 0.25) is 0 Å². The molecule has 0 aromatic heterocycles. The highest BCUT2D eigenvalue weighted by Crippen LogP contribution is 2.45. The Hall–Kier alpha value is 1.44. The molecular weight excluding hydrogens is 1050 g/mol. The third kappa shape index (κ3) is 4.87. The van der Waals surface area contributed by atoms with E-state index >= 15 is 0 Å². The molecule has 0 bridgehead atoms. The molecule has 0 saturated carbocycles. The zero-order valence-corrected chi connectivity index (χ0v) is 27.5. The highest BCUT2D eigenvalue weighted by molar-refractivity contribution is 14.1. The van der Waals surface area contributed by atoms with Crippen molar-refractivity contribution in [3.05, 3.63) is 74.5 Å². The maximum atomic E-state index is 10.3. The van der Waals surface area contributed by atoms with Crippen LogP contribution < -0.4 is 0 Å². The minimum atomic E-state index is -0.561. The molecular formula is C20H12I6O3. The Bertz CT molecular complexity index is 921. The Labute approximate surface area is 250 Å². The molecule has 0 aliphatic carbocycles. The molecule has 9 heteroatoms. The smallest absolute Gasteiger partial charge is 0.142 e. The summed E-state index contributed by atoms with van der Waals surface area (Å²) in [6.45, 7) is 2.14. The van der Waals surface area contributed by atoms with Crippen LogP contribution in [-0.4, -0.2) is 15.3 Å². The van der Waals surface area contributed by atoms with Gasteiger partial charge in [0.15, 0.2) is 0 Å². The van der Waals surface area contributed by atoms with Gasteiger partial charge in [-0.1, -0.05) is 0 Å². The molecule has 3 N–H and O–H groups in total. The molecule has 3 aromatic rings. The fourth-order valence-corrected chi connectivity index (χ4v) is 8.37. The summed E-state index contributed by atoms with van der Waals surface area (Å²) in [6, 6.07) is 12.0. The fourth-order valence-electron chi connectivity index (χ4n) is 3.06. The molecule has 3 aromatic carbocycles. The van der Waals surface area contributed by atoms with Crippen LogP contribution in [0.2, 0.25) is 0 Å². The van der Waals surface area contributed by atoms with Crippen molar-refractivity contribution in [3.8, 4) is 17.2 Å². The van der Waals surface area contributed by atoms with E-state index in [4.69, 9.17) is 0 Å². The molecule has 0 aliphatic heterocycles. The van der Waals surface area contributed by atoms with E-state index in [2.05, 4.69) is 142 Å². The van der Waals surface area contributed by atoms with Crippen LogP contribution in [0.1, 0.15) is 23.6 Å². The summed E-state index contributed by atoms with van der Waals surface area (Å²) in [5.41, 5.74) is 2.52. The second-order valence-electron chi connectivity index (χ2n) is 6.49. The summed E-state index contributed by atoms with van der Waals surface area (Å²) in [5, 5.41) is 30.9. The van der Waals surface area contributed by atoms with E-state index in [1.165, 1.54) is 0 Å². The van der Waals surface area contributed by atoms with Gasteiger partial charge in [-0.15, -0.1) is 0 Å². The number of phenols is 3. The van der Waals surface area contributed by atoms with Crippen molar-refractivity contribution in [2.75, 3.05) is 0 Å². The van der Waals surface area contributed by atoms with Gasteiger partial charge in [-0.05, 0) is 196 Å². The molecule has 0 aliphatic rings. The van der Waals surface area contributed by atoms with Crippen LogP contribution in [0.4, 0.5) is 0 Å². The number of phenolic OH excluding ortho intramolecular Hbond substituents is 3. The topological polar surface area (TPSA) is 60.7 Å². The summed E-state index contributed by atoms with van der Waals surface area (Å²) >= 11 is 12.9. The maximum Gasteiger partial charge on any atom is 0.142 e. The third-order valence-electron chi connectivity index (χ3n) is 4.78. The number of benzene rings is 3. The van der Waals surface area contributed by atoms with Gasteiger partial charge in [0.05, 0.1) is 21.4 Å². The first-order chi connectivity index (χ1) is 13.5. The quantitative estimate of drug-likeness (QED) is 0.186. The molecule has 0 spiro atoms. The number of halogens is 6. The van der Waals surface area contributed by atoms with Crippen molar-refractivity contribution in [2.45, 2.75) is 12.3 Å². The largest absolute Gasteiger partial charge is 0.506 e. The molecule has 3 nitrogen and oxygen atoms in total. The van der Waals surface area contributed by atoms with Crippen LogP contribution >= 0.6 is 136 Å². The van der Waals surface area contributed by atoms with Gasteiger partial charge in [0, 0.05) is 5.41 Å². The Morgan fingerprint density at radius 3 is 0.828 bits per heavy atom. The first-order valence-electron chi connectivity index (χ1n) is 8.02. The number of hydrogen-bond acceptors (Lipinski definition) is 3. The molecule has 29 heavy (non-hydrogen) atoms. The predicted octanol–water partition coefficient (Wildman–Crippen LogP) is 7.79. The second-order valence-corrected chi connectivity index (χ2v) is 13.5. The van der Waals surface area contributed by atoms with Crippen molar-refractivity contribution in [2.24, 2.45) is 0 Å². The first-order valence-corrected chi connectivity index (χ1v) is 14.5. The van der Waals surface area contributed by atoms with E-state index < -0.39 is 5.41 Å². The van der Waals surface area contributed by atoms with Crippen LogP contribution in [0, 0.1) is 21.4 Å². The van der Waals surface area contributed by atoms with E-state index in [-0.39, 0.29) is 17.2 Å². The summed E-state index contributed by atoms with van der Waals surface area (Å²) in [5.74, 6) is 0.839. The number of rotatable bonds is 3. The van der Waals surface area contributed by atoms with Gasteiger partial charge in [-0.25, -0.2) is 0 Å². The normalized spacial score (nSPS) is 11.7. The Kier molecular flexibility index (Phi) is 8.42. The molecule has 152 valence electrons. The monoisotopic (exact) mass is 1060 g/mol. The Morgan fingerprint density at radius 2 is 0.655 bits per heavy atom. The van der Waals surface area contributed by atoms with E-state index in [0.717, 1.165) is 38.1 Å². The van der Waals surface area contributed by atoms with Gasteiger partial charge in [0.25, 0.3) is 0 Å². The molecule has 0 atom stereocenters. The van der Waals surface area contributed by atoms with Crippen molar-refractivity contribution in [1.82, 2.24) is 0 Å². The molecule has 0 unspecified atom stereocenters. The third-order valence-corrected chi connectivity index (χ3v) is 9.72. The second kappa shape index (κ2) is 9.74. The Balaban J connectivity index is 2.42. The van der Waals surface area contributed by atoms with E-state index in [0.29, 0.717) is 0 Å². The minimum absolute atomic E-state index is 0.280. The van der Waals surface area contributed by atoms with Gasteiger partial charge in [0.1, 0.15) is 17.2 Å². The summed E-state index contributed by atoms with van der Waals surface area (Å²) < 4.78 is 4.68. The van der Waals surface area contributed by atoms with E-state index in [1.54, 1.807) is 0 Å². The highest BCUT2D eigenvalue weighted by atomic mass is 127. The predicted molar refractivity (Wildman–Crippen MR) is 166 cm³/mol. The molecule has 0 heterocycles. The number of aromatic hydroxyl groups is 3. The van der Waals surface area contributed by atoms with Gasteiger partial charge < -0.3 is 15.3 Å². The molecule has 3 rings (SSSR count). The summed E-state index contributed by atoms with van der Waals surface area (Å²) in [7, 11) is 0. The number of hydrogen-bond donors (Lipinski definition) is 3. The standard InChI is InChI=1S/C20H12I6O3/c1-20(8-2-11(21)17(27)12(22)3-8,9-4-13(23)18(28)14(24)5-9)10-6-15(25)19(29)16(26)7-10/h2-7,27-29H,1H3. The average molecular weight is 1060 g/mol. The zero-order valence-electron chi connectivity index (χ0n) is 14.6. The van der Waals surface area contributed by atoms with Gasteiger partial charge >= 0.3 is 0 Å². The average Bonchev–Trinajstić information content (AvgIpc) is 2.66. The SMILES string of the molecule is CC(c1cc(I)c(O)c(I)c1)(c1cc(I)c(O)c(I)c1)c1cc(I)c(O)c(I)c1. The van der Waals surface area contributed by atoms with Crippen LogP contribution in [0.15, 0.2) is 36.4 Å². The van der Waals surface area contributed by atoms with E-state index in [1.807, 2.05) is 36.4 Å². The van der Waals surface area contributed by atoms with Crippen LogP contribution in [0.25, 0.3) is 0 Å². The van der Waals surface area contributed by atoms with Gasteiger partial charge in [-0.2, -0.15) is 0 Å². The lowest BCUT2D eigenvalue weighted by atomic mass is 9.71. The van der Waals surface area contributed by atoms with Crippen molar-refractivity contribution in [3.63, 3.8) is 0 Å². The summed E-state index contributed by atoms with van der Waals surface area (Å²) in [6.07, 6.45) is 0. The van der Waals surface area contributed by atoms with Crippen molar-refractivity contribution < 1.29 is 15.3 Å². The molecule has 0 fully saturated rings. The van der Waals surface area contributed by atoms with E-state index in [9.17, 15) is 15.3 Å². The molecule has 0 amide bonds. The van der Waals surface area contributed by atoms with Crippen LogP contribution in [0.3, 0.4) is 0 Å². The molecule has 0 saturated heterocycles. The van der Waals surface area contributed by atoms with Crippen LogP contribution in [0.5, 0.6) is 17.2 Å². The lowest BCUT2D eigenvalue weighted by Crippen LogP contribution is -2.26. The highest BCUT2D eigenvalue weighted by Gasteiger charge is 2.34. The minimum Gasteiger partial charge on any atom is -0.506 e. The lowest BCUT2D eigenvalue weighted by molar-refractivity contribution is 0.466.